The first-order valence-corrected chi connectivity index (χ1v) is 7.15. The van der Waals surface area contributed by atoms with Gasteiger partial charge in [-0.15, -0.1) is 0 Å². The minimum absolute atomic E-state index is 0.203. The van der Waals surface area contributed by atoms with Crippen LogP contribution in [0.1, 0.15) is 31.5 Å². The fourth-order valence-electron chi connectivity index (χ4n) is 2.24. The maximum atomic E-state index is 11.4. The largest absolute Gasteiger partial charge is 0.387 e. The van der Waals surface area contributed by atoms with E-state index < -0.39 is 6.61 Å². The Morgan fingerprint density at radius 2 is 2.10 bits per heavy atom. The van der Waals surface area contributed by atoms with E-state index in [2.05, 4.69) is 22.0 Å². The van der Waals surface area contributed by atoms with Crippen LogP contribution < -0.4 is 0 Å². The second-order valence-electron chi connectivity index (χ2n) is 5.02. The molecule has 1 aromatic heterocycles. The molecule has 7 nitrogen and oxygen atoms in total. The topological polar surface area (TPSA) is 82.7 Å². The summed E-state index contributed by atoms with van der Waals surface area (Å²) in [6.07, 6.45) is 3.00. The van der Waals surface area contributed by atoms with Gasteiger partial charge in [-0.3, -0.25) is 9.69 Å². The smallest absolute Gasteiger partial charge is 0.248 e. The first-order valence-electron chi connectivity index (χ1n) is 7.15. The molecule has 20 heavy (non-hydrogen) atoms. The monoisotopic (exact) mass is 282 g/mol. The van der Waals surface area contributed by atoms with Gasteiger partial charge in [0, 0.05) is 32.6 Å². The number of aryl methyl sites for hydroxylation is 1. The Bertz CT molecular complexity index is 427. The maximum Gasteiger partial charge on any atom is 0.248 e. The van der Waals surface area contributed by atoms with Crippen molar-refractivity contribution < 1.29 is 14.4 Å². The van der Waals surface area contributed by atoms with Gasteiger partial charge in [-0.1, -0.05) is 18.5 Å². The van der Waals surface area contributed by atoms with Crippen LogP contribution in [0.25, 0.3) is 0 Å². The molecule has 2 heterocycles. The molecule has 2 rings (SSSR count). The lowest BCUT2D eigenvalue weighted by Crippen LogP contribution is -2.49. The Kier molecular flexibility index (Phi) is 5.49. The number of hydrogen-bond donors (Lipinski definition) is 1. The summed E-state index contributed by atoms with van der Waals surface area (Å²) in [7, 11) is 0. The Morgan fingerprint density at radius 3 is 2.75 bits per heavy atom. The minimum atomic E-state index is -0.411. The number of aliphatic hydroxyl groups excluding tert-OH is 1. The average molecular weight is 282 g/mol. The Balaban J connectivity index is 1.77. The molecular weight excluding hydrogens is 260 g/mol. The third-order valence-electron chi connectivity index (χ3n) is 3.48. The van der Waals surface area contributed by atoms with Crippen LogP contribution in [-0.2, 0) is 17.8 Å². The Morgan fingerprint density at radius 1 is 1.35 bits per heavy atom. The molecule has 1 fully saturated rings. The van der Waals surface area contributed by atoms with Crippen molar-refractivity contribution in [1.29, 1.82) is 0 Å². The van der Waals surface area contributed by atoms with E-state index in [4.69, 9.17) is 9.63 Å². The fraction of sp³-hybridized carbons (Fsp3) is 0.769. The van der Waals surface area contributed by atoms with E-state index in [1.54, 1.807) is 4.90 Å². The molecule has 0 saturated carbocycles. The summed E-state index contributed by atoms with van der Waals surface area (Å²) in [5.74, 6) is 1.21. The van der Waals surface area contributed by atoms with Gasteiger partial charge in [0.05, 0.1) is 6.54 Å². The van der Waals surface area contributed by atoms with Crippen LogP contribution >= 0.6 is 0 Å². The van der Waals surface area contributed by atoms with E-state index in [1.165, 1.54) is 0 Å². The highest BCUT2D eigenvalue weighted by Crippen LogP contribution is 2.08. The van der Waals surface area contributed by atoms with E-state index in [1.807, 2.05) is 0 Å². The molecular formula is C13H22N4O3. The average Bonchev–Trinajstić information content (AvgIpc) is 2.92. The molecule has 7 heteroatoms. The molecule has 0 spiro atoms. The summed E-state index contributed by atoms with van der Waals surface area (Å²) >= 11 is 0. The highest BCUT2D eigenvalue weighted by molar-refractivity contribution is 5.77. The van der Waals surface area contributed by atoms with Crippen LogP contribution in [-0.4, -0.2) is 63.7 Å². The predicted molar refractivity (Wildman–Crippen MR) is 71.9 cm³/mol. The number of amides is 1. The van der Waals surface area contributed by atoms with Crippen molar-refractivity contribution in [3.63, 3.8) is 0 Å². The van der Waals surface area contributed by atoms with Crippen molar-refractivity contribution in [2.24, 2.45) is 0 Å². The van der Waals surface area contributed by atoms with Crippen LogP contribution in [0.3, 0.4) is 0 Å². The number of nitrogens with zero attached hydrogens (tertiary/aromatic N) is 4. The lowest BCUT2D eigenvalue weighted by Gasteiger charge is -2.33. The lowest BCUT2D eigenvalue weighted by molar-refractivity contribution is -0.136. The van der Waals surface area contributed by atoms with E-state index >= 15 is 0 Å². The molecule has 1 aliphatic rings. The summed E-state index contributed by atoms with van der Waals surface area (Å²) in [5, 5.41) is 12.8. The van der Waals surface area contributed by atoms with Gasteiger partial charge in [0.2, 0.25) is 11.8 Å². The maximum absolute atomic E-state index is 11.4. The molecule has 0 aliphatic carbocycles. The zero-order chi connectivity index (χ0) is 14.4. The lowest BCUT2D eigenvalue weighted by atomic mass is 10.2. The number of aromatic nitrogens is 2. The molecule has 0 radical (unpaired) electrons. The summed E-state index contributed by atoms with van der Waals surface area (Å²) < 4.78 is 5.20. The van der Waals surface area contributed by atoms with E-state index in [0.717, 1.165) is 32.4 Å². The SMILES string of the molecule is CCCCc1nc(CN2CCN(C(=O)CO)CC2)no1. The molecule has 1 aromatic rings. The third-order valence-corrected chi connectivity index (χ3v) is 3.48. The number of piperazine rings is 1. The molecule has 0 atom stereocenters. The fourth-order valence-corrected chi connectivity index (χ4v) is 2.24. The number of hydrogen-bond acceptors (Lipinski definition) is 6. The van der Waals surface area contributed by atoms with Gasteiger partial charge in [-0.05, 0) is 6.42 Å². The summed E-state index contributed by atoms with van der Waals surface area (Å²) in [6, 6.07) is 0. The van der Waals surface area contributed by atoms with Crippen LogP contribution in [0.15, 0.2) is 4.52 Å². The van der Waals surface area contributed by atoms with Crippen LogP contribution in [0.5, 0.6) is 0 Å². The number of carbonyl (C=O) groups is 1. The molecule has 0 unspecified atom stereocenters. The molecule has 1 aliphatic heterocycles. The zero-order valence-corrected chi connectivity index (χ0v) is 11.9. The first-order chi connectivity index (χ1) is 9.72. The van der Waals surface area contributed by atoms with E-state index in [9.17, 15) is 4.79 Å². The number of carbonyl (C=O) groups excluding carboxylic acids is 1. The number of aliphatic hydroxyl groups is 1. The molecule has 0 aromatic carbocycles. The molecule has 0 bridgehead atoms. The van der Waals surface area contributed by atoms with Gasteiger partial charge in [-0.25, -0.2) is 0 Å². The van der Waals surface area contributed by atoms with Gasteiger partial charge in [0.25, 0.3) is 0 Å². The van der Waals surface area contributed by atoms with Gasteiger partial charge < -0.3 is 14.5 Å². The Hall–Kier alpha value is -1.47. The standard InChI is InChI=1S/C13H22N4O3/c1-2-3-4-12-14-11(15-20-12)9-16-5-7-17(8-6-16)13(19)10-18/h18H,2-10H2,1H3. The van der Waals surface area contributed by atoms with Crippen LogP contribution in [0.4, 0.5) is 0 Å². The quantitative estimate of drug-likeness (QED) is 0.794. The van der Waals surface area contributed by atoms with Crippen molar-refractivity contribution >= 4 is 5.91 Å². The second kappa shape index (κ2) is 7.35. The molecule has 112 valence electrons. The summed E-state index contributed by atoms with van der Waals surface area (Å²) in [6.45, 7) is 5.18. The van der Waals surface area contributed by atoms with Gasteiger partial charge in [0.15, 0.2) is 5.82 Å². The van der Waals surface area contributed by atoms with Gasteiger partial charge >= 0.3 is 0 Å². The normalized spacial score (nSPS) is 16.6. The van der Waals surface area contributed by atoms with Crippen molar-refractivity contribution in [2.45, 2.75) is 32.7 Å². The highest BCUT2D eigenvalue weighted by Gasteiger charge is 2.21. The molecule has 1 N–H and O–H groups in total. The van der Waals surface area contributed by atoms with Gasteiger partial charge in [0.1, 0.15) is 6.61 Å². The van der Waals surface area contributed by atoms with E-state index in [-0.39, 0.29) is 5.91 Å². The first kappa shape index (κ1) is 14.9. The van der Waals surface area contributed by atoms with Crippen molar-refractivity contribution in [3.8, 4) is 0 Å². The predicted octanol–water partition coefficient (Wildman–Crippen LogP) is 0.0487. The van der Waals surface area contributed by atoms with Crippen molar-refractivity contribution in [1.82, 2.24) is 19.9 Å². The minimum Gasteiger partial charge on any atom is -0.387 e. The highest BCUT2D eigenvalue weighted by atomic mass is 16.5. The van der Waals surface area contributed by atoms with Crippen molar-refractivity contribution in [2.75, 3.05) is 32.8 Å². The molecule has 1 amide bonds. The zero-order valence-electron chi connectivity index (χ0n) is 11.9. The summed E-state index contributed by atoms with van der Waals surface area (Å²) in [5.41, 5.74) is 0. The number of rotatable bonds is 6. The van der Waals surface area contributed by atoms with Crippen LogP contribution in [0.2, 0.25) is 0 Å². The van der Waals surface area contributed by atoms with E-state index in [0.29, 0.717) is 31.3 Å². The van der Waals surface area contributed by atoms with Gasteiger partial charge in [-0.2, -0.15) is 4.98 Å². The number of unbranched alkanes of at least 4 members (excludes halogenated alkanes) is 1. The van der Waals surface area contributed by atoms with Crippen molar-refractivity contribution in [3.05, 3.63) is 11.7 Å². The Labute approximate surface area is 118 Å². The summed E-state index contributed by atoms with van der Waals surface area (Å²) in [4.78, 5) is 19.6. The molecule has 1 saturated heterocycles. The second-order valence-corrected chi connectivity index (χ2v) is 5.02. The van der Waals surface area contributed by atoms with Crippen LogP contribution in [0, 0.1) is 0 Å². The third kappa shape index (κ3) is 4.01.